The van der Waals surface area contributed by atoms with Gasteiger partial charge in [0.25, 0.3) is 0 Å². The number of hydrogen-bond donors (Lipinski definition) is 0. The van der Waals surface area contributed by atoms with Crippen LogP contribution in [0.5, 0.6) is 0 Å². The summed E-state index contributed by atoms with van der Waals surface area (Å²) in [6.07, 6.45) is 5.50. The molecule has 80 valence electrons. The van der Waals surface area contributed by atoms with Gasteiger partial charge in [-0.05, 0) is 56.3 Å². The molecule has 0 saturated heterocycles. The van der Waals surface area contributed by atoms with E-state index in [1.165, 1.54) is 19.3 Å². The SMILES string of the molecule is O=S(=O)([O-])C12CC3CC(CC(C3)C1)C2. The highest BCUT2D eigenvalue weighted by Gasteiger charge is 2.54. The van der Waals surface area contributed by atoms with Crippen molar-refractivity contribution < 1.29 is 13.0 Å². The average Bonchev–Trinajstić information content (AvgIpc) is 1.98. The van der Waals surface area contributed by atoms with E-state index in [2.05, 4.69) is 0 Å². The van der Waals surface area contributed by atoms with Gasteiger partial charge in [-0.1, -0.05) is 0 Å². The monoisotopic (exact) mass is 215 g/mol. The van der Waals surface area contributed by atoms with E-state index in [0.717, 1.165) is 0 Å². The first-order chi connectivity index (χ1) is 6.48. The Morgan fingerprint density at radius 3 is 1.57 bits per heavy atom. The molecule has 0 unspecified atom stereocenters. The lowest BCUT2D eigenvalue weighted by molar-refractivity contribution is 0.0299. The molecule has 4 rings (SSSR count). The van der Waals surface area contributed by atoms with Crippen LogP contribution in [0.25, 0.3) is 0 Å². The van der Waals surface area contributed by atoms with Crippen molar-refractivity contribution in [1.82, 2.24) is 0 Å². The summed E-state index contributed by atoms with van der Waals surface area (Å²) in [6.45, 7) is 0. The molecule has 0 spiro atoms. The Morgan fingerprint density at radius 2 is 1.29 bits per heavy atom. The molecule has 14 heavy (non-hydrogen) atoms. The molecular formula is C10H15O3S-. The summed E-state index contributed by atoms with van der Waals surface area (Å²) in [5.74, 6) is 1.60. The zero-order chi connectivity index (χ0) is 9.97. The van der Waals surface area contributed by atoms with E-state index in [1.54, 1.807) is 0 Å². The summed E-state index contributed by atoms with van der Waals surface area (Å²) < 4.78 is 33.1. The molecule has 0 aromatic heterocycles. The van der Waals surface area contributed by atoms with E-state index in [-0.39, 0.29) is 0 Å². The fraction of sp³-hybridized carbons (Fsp3) is 1.00. The third-order valence-electron chi connectivity index (χ3n) is 4.51. The average molecular weight is 215 g/mol. The predicted molar refractivity (Wildman–Crippen MR) is 50.6 cm³/mol. The topological polar surface area (TPSA) is 57.2 Å². The van der Waals surface area contributed by atoms with Crippen molar-refractivity contribution >= 4 is 10.1 Å². The molecule has 4 fully saturated rings. The zero-order valence-corrected chi connectivity index (χ0v) is 8.92. The number of rotatable bonds is 1. The summed E-state index contributed by atoms with van der Waals surface area (Å²) in [5.41, 5.74) is 0. The second-order valence-corrected chi connectivity index (χ2v) is 7.33. The van der Waals surface area contributed by atoms with E-state index in [4.69, 9.17) is 0 Å². The van der Waals surface area contributed by atoms with E-state index < -0.39 is 14.9 Å². The lowest BCUT2D eigenvalue weighted by Gasteiger charge is -2.57. The molecule has 0 aromatic rings. The molecule has 0 radical (unpaired) electrons. The standard InChI is InChI=1S/C10H16O3S/c11-14(12,13)10-4-7-1-8(5-10)3-9(2-7)6-10/h7-9H,1-6H2,(H,11,12,13)/p-1. The smallest absolute Gasteiger partial charge is 0.100 e. The first-order valence-corrected chi connectivity index (χ1v) is 6.85. The first-order valence-electron chi connectivity index (χ1n) is 5.44. The fourth-order valence-electron chi connectivity index (χ4n) is 4.34. The van der Waals surface area contributed by atoms with Crippen molar-refractivity contribution in [1.29, 1.82) is 0 Å². The molecule has 4 saturated carbocycles. The zero-order valence-electron chi connectivity index (χ0n) is 8.11. The summed E-state index contributed by atoms with van der Waals surface area (Å²) in [6, 6.07) is 0. The number of hydrogen-bond acceptors (Lipinski definition) is 3. The van der Waals surface area contributed by atoms with Crippen LogP contribution in [0.4, 0.5) is 0 Å². The van der Waals surface area contributed by atoms with Gasteiger partial charge in [-0.15, -0.1) is 0 Å². The van der Waals surface area contributed by atoms with Gasteiger partial charge in [-0.2, -0.15) is 0 Å². The second kappa shape index (κ2) is 2.53. The van der Waals surface area contributed by atoms with Crippen LogP contribution < -0.4 is 0 Å². The van der Waals surface area contributed by atoms with Crippen LogP contribution in [0.1, 0.15) is 38.5 Å². The Labute approximate surface area is 84.6 Å². The highest BCUT2D eigenvalue weighted by Crippen LogP contribution is 2.58. The van der Waals surface area contributed by atoms with E-state index in [0.29, 0.717) is 37.0 Å². The molecule has 3 nitrogen and oxygen atoms in total. The molecular weight excluding hydrogens is 200 g/mol. The minimum absolute atomic E-state index is 0.532. The molecule has 0 amide bonds. The minimum Gasteiger partial charge on any atom is -0.748 e. The van der Waals surface area contributed by atoms with Gasteiger partial charge in [0.15, 0.2) is 0 Å². The second-order valence-electron chi connectivity index (χ2n) is 5.55. The van der Waals surface area contributed by atoms with Crippen molar-refractivity contribution in [3.63, 3.8) is 0 Å². The van der Waals surface area contributed by atoms with Crippen LogP contribution in [-0.4, -0.2) is 17.7 Å². The highest BCUT2D eigenvalue weighted by molar-refractivity contribution is 7.87. The van der Waals surface area contributed by atoms with Gasteiger partial charge in [0.05, 0.1) is 4.75 Å². The minimum atomic E-state index is -4.07. The van der Waals surface area contributed by atoms with Crippen molar-refractivity contribution in [2.75, 3.05) is 0 Å². The molecule has 0 aromatic carbocycles. The largest absolute Gasteiger partial charge is 0.748 e. The summed E-state index contributed by atoms with van der Waals surface area (Å²) in [7, 11) is -4.07. The summed E-state index contributed by atoms with van der Waals surface area (Å²) >= 11 is 0. The van der Waals surface area contributed by atoms with Crippen LogP contribution in [-0.2, 0) is 10.1 Å². The van der Waals surface area contributed by atoms with Gasteiger partial charge in [0, 0.05) is 0 Å². The fourth-order valence-corrected chi connectivity index (χ4v) is 5.66. The summed E-state index contributed by atoms with van der Waals surface area (Å²) in [5, 5.41) is 0. The maximum absolute atomic E-state index is 11.3. The maximum atomic E-state index is 11.3. The van der Waals surface area contributed by atoms with Gasteiger partial charge >= 0.3 is 0 Å². The van der Waals surface area contributed by atoms with Gasteiger partial charge in [-0.25, -0.2) is 8.42 Å². The van der Waals surface area contributed by atoms with Crippen molar-refractivity contribution in [2.45, 2.75) is 43.3 Å². The van der Waals surface area contributed by atoms with Crippen LogP contribution in [0.2, 0.25) is 0 Å². The van der Waals surface area contributed by atoms with Crippen LogP contribution >= 0.6 is 0 Å². The molecule has 0 N–H and O–H groups in total. The third-order valence-corrected chi connectivity index (χ3v) is 6.07. The van der Waals surface area contributed by atoms with Crippen molar-refractivity contribution in [2.24, 2.45) is 17.8 Å². The lowest BCUT2D eigenvalue weighted by Crippen LogP contribution is -2.54. The Morgan fingerprint density at radius 1 is 0.929 bits per heavy atom. The van der Waals surface area contributed by atoms with Crippen LogP contribution in [0, 0.1) is 17.8 Å². The normalized spacial score (nSPS) is 51.1. The third kappa shape index (κ3) is 1.10. The molecule has 4 bridgehead atoms. The van der Waals surface area contributed by atoms with Gasteiger partial charge in [0.1, 0.15) is 10.1 Å². The van der Waals surface area contributed by atoms with Crippen molar-refractivity contribution in [3.8, 4) is 0 Å². The molecule has 0 heterocycles. The van der Waals surface area contributed by atoms with Gasteiger partial charge < -0.3 is 4.55 Å². The quantitative estimate of drug-likeness (QED) is 0.623. The molecule has 4 aliphatic carbocycles. The van der Waals surface area contributed by atoms with Crippen LogP contribution in [0.15, 0.2) is 0 Å². The Balaban J connectivity index is 2.03. The first kappa shape index (κ1) is 9.16. The molecule has 0 aliphatic heterocycles. The predicted octanol–water partition coefficient (Wildman–Crippen LogP) is 1.50. The van der Waals surface area contributed by atoms with Crippen molar-refractivity contribution in [3.05, 3.63) is 0 Å². The molecule has 0 atom stereocenters. The van der Waals surface area contributed by atoms with E-state index >= 15 is 0 Å². The maximum Gasteiger partial charge on any atom is 0.100 e. The molecule has 4 aliphatic rings. The van der Waals surface area contributed by atoms with E-state index in [9.17, 15) is 13.0 Å². The Bertz CT molecular complexity index is 322. The Hall–Kier alpha value is -0.0900. The van der Waals surface area contributed by atoms with Gasteiger partial charge in [0.2, 0.25) is 0 Å². The molecule has 4 heteroatoms. The van der Waals surface area contributed by atoms with Crippen LogP contribution in [0.3, 0.4) is 0 Å². The van der Waals surface area contributed by atoms with Gasteiger partial charge in [-0.3, -0.25) is 0 Å². The Kier molecular flexibility index (Phi) is 1.65. The highest BCUT2D eigenvalue weighted by atomic mass is 32.2. The van der Waals surface area contributed by atoms with E-state index in [1.807, 2.05) is 0 Å². The summed E-state index contributed by atoms with van der Waals surface area (Å²) in [4.78, 5) is 0. The lowest BCUT2D eigenvalue weighted by atomic mass is 9.56.